The van der Waals surface area contributed by atoms with Crippen LogP contribution in [0.15, 0.2) is 6.07 Å². The van der Waals surface area contributed by atoms with Crippen LogP contribution in [-0.4, -0.2) is 49.0 Å². The van der Waals surface area contributed by atoms with Crippen molar-refractivity contribution in [3.8, 4) is 0 Å². The average molecular weight is 334 g/mol. The largest absolute Gasteiger partial charge is 0.388 e. The van der Waals surface area contributed by atoms with Gasteiger partial charge in [-0.1, -0.05) is 23.2 Å². The molecule has 5 nitrogen and oxygen atoms in total. The minimum atomic E-state index is -0.768. The number of likely N-dealkylation sites (N-methyl/N-ethyl adjacent to an activating group) is 1. The molecule has 2 N–H and O–H groups in total. The summed E-state index contributed by atoms with van der Waals surface area (Å²) < 4.78 is 5.30. The quantitative estimate of drug-likeness (QED) is 0.867. The van der Waals surface area contributed by atoms with Crippen molar-refractivity contribution < 1.29 is 9.84 Å². The number of pyridine rings is 1. The molecule has 0 bridgehead atoms. The fourth-order valence-electron chi connectivity index (χ4n) is 2.44. The molecule has 1 fully saturated rings. The Morgan fingerprint density at radius 3 is 2.67 bits per heavy atom. The number of rotatable bonds is 5. The van der Waals surface area contributed by atoms with Gasteiger partial charge >= 0.3 is 0 Å². The van der Waals surface area contributed by atoms with Crippen molar-refractivity contribution >= 4 is 34.8 Å². The van der Waals surface area contributed by atoms with Gasteiger partial charge in [-0.15, -0.1) is 0 Å². The van der Waals surface area contributed by atoms with E-state index >= 15 is 0 Å². The minimum Gasteiger partial charge on any atom is -0.388 e. The predicted octanol–water partition coefficient (Wildman–Crippen LogP) is 2.80. The molecular weight excluding hydrogens is 313 g/mol. The van der Waals surface area contributed by atoms with Crippen molar-refractivity contribution in [2.45, 2.75) is 25.4 Å². The summed E-state index contributed by atoms with van der Waals surface area (Å²) in [6, 6.07) is 1.67. The van der Waals surface area contributed by atoms with Crippen LogP contribution in [0.2, 0.25) is 10.0 Å². The summed E-state index contributed by atoms with van der Waals surface area (Å²) >= 11 is 12.3. The van der Waals surface area contributed by atoms with Crippen molar-refractivity contribution in [1.82, 2.24) is 4.98 Å². The van der Waals surface area contributed by atoms with E-state index < -0.39 is 5.60 Å². The Morgan fingerprint density at radius 2 is 2.05 bits per heavy atom. The van der Waals surface area contributed by atoms with Crippen molar-refractivity contribution in [2.24, 2.45) is 0 Å². The molecule has 21 heavy (non-hydrogen) atoms. The molecule has 2 rings (SSSR count). The lowest BCUT2D eigenvalue weighted by molar-refractivity contribution is -0.0573. The highest BCUT2D eigenvalue weighted by Crippen LogP contribution is 2.32. The summed E-state index contributed by atoms with van der Waals surface area (Å²) in [5, 5.41) is 14.6. The first kappa shape index (κ1) is 16.6. The molecule has 0 atom stereocenters. The van der Waals surface area contributed by atoms with Gasteiger partial charge in [0, 0.05) is 46.2 Å². The van der Waals surface area contributed by atoms with Crippen LogP contribution in [0.25, 0.3) is 0 Å². The van der Waals surface area contributed by atoms with Crippen LogP contribution in [0.1, 0.15) is 19.8 Å². The van der Waals surface area contributed by atoms with E-state index in [1.165, 1.54) is 0 Å². The summed E-state index contributed by atoms with van der Waals surface area (Å²) in [7, 11) is 1.87. The lowest BCUT2D eigenvalue weighted by Crippen LogP contribution is -2.46. The highest BCUT2D eigenvalue weighted by Gasteiger charge is 2.32. The number of hydrogen-bond donors (Lipinski definition) is 2. The zero-order valence-corrected chi connectivity index (χ0v) is 13.8. The number of nitrogens with zero attached hydrogens (tertiary/aromatic N) is 2. The Balaban J connectivity index is 2.17. The monoisotopic (exact) mass is 333 g/mol. The number of halogens is 2. The number of aromatic nitrogens is 1. The van der Waals surface area contributed by atoms with Crippen LogP contribution in [0.3, 0.4) is 0 Å². The SMILES string of the molecule is CCNc1nc(N(C)CC2(O)CCOCC2)c(Cl)cc1Cl. The van der Waals surface area contributed by atoms with E-state index in [1.54, 1.807) is 6.07 Å². The lowest BCUT2D eigenvalue weighted by atomic mass is 9.94. The Bertz CT molecular complexity index is 493. The van der Waals surface area contributed by atoms with Gasteiger partial charge in [0.05, 0.1) is 15.6 Å². The fourth-order valence-corrected chi connectivity index (χ4v) is 3.01. The van der Waals surface area contributed by atoms with Gasteiger partial charge in [-0.3, -0.25) is 0 Å². The van der Waals surface area contributed by atoms with E-state index in [2.05, 4.69) is 10.3 Å². The van der Waals surface area contributed by atoms with E-state index in [4.69, 9.17) is 27.9 Å². The number of nitrogens with one attached hydrogen (secondary N) is 1. The maximum absolute atomic E-state index is 10.6. The van der Waals surface area contributed by atoms with Gasteiger partial charge in [-0.2, -0.15) is 0 Å². The number of anilines is 2. The van der Waals surface area contributed by atoms with Gasteiger partial charge in [0.25, 0.3) is 0 Å². The van der Waals surface area contributed by atoms with Crippen LogP contribution < -0.4 is 10.2 Å². The number of ether oxygens (including phenoxy) is 1. The molecule has 1 aromatic rings. The van der Waals surface area contributed by atoms with Crippen LogP contribution >= 0.6 is 23.2 Å². The third-order valence-electron chi connectivity index (χ3n) is 3.57. The van der Waals surface area contributed by atoms with E-state index in [9.17, 15) is 5.11 Å². The second kappa shape index (κ2) is 7.01. The van der Waals surface area contributed by atoms with Crippen molar-refractivity contribution in [3.05, 3.63) is 16.1 Å². The fraction of sp³-hybridized carbons (Fsp3) is 0.643. The molecule has 0 radical (unpaired) electrons. The maximum atomic E-state index is 10.6. The highest BCUT2D eigenvalue weighted by molar-refractivity contribution is 6.37. The molecule has 118 valence electrons. The third kappa shape index (κ3) is 4.13. The minimum absolute atomic E-state index is 0.455. The molecule has 0 aromatic carbocycles. The second-order valence-electron chi connectivity index (χ2n) is 5.35. The van der Waals surface area contributed by atoms with Gasteiger partial charge in [0.1, 0.15) is 11.6 Å². The summed E-state index contributed by atoms with van der Waals surface area (Å²) in [6.07, 6.45) is 1.23. The smallest absolute Gasteiger partial charge is 0.149 e. The first-order valence-corrected chi connectivity index (χ1v) is 7.82. The molecule has 0 spiro atoms. The van der Waals surface area contributed by atoms with Crippen LogP contribution in [-0.2, 0) is 4.74 Å². The summed E-state index contributed by atoms with van der Waals surface area (Å²) in [6.45, 7) is 4.30. The molecule has 2 heterocycles. The molecule has 0 aliphatic carbocycles. The van der Waals surface area contributed by atoms with E-state index in [0.717, 1.165) is 6.54 Å². The van der Waals surface area contributed by atoms with Gasteiger partial charge < -0.3 is 20.1 Å². The molecule has 1 aliphatic heterocycles. The Hall–Kier alpha value is -0.750. The van der Waals surface area contributed by atoms with Crippen molar-refractivity contribution in [3.63, 3.8) is 0 Å². The van der Waals surface area contributed by atoms with Gasteiger partial charge in [-0.05, 0) is 13.0 Å². The lowest BCUT2D eigenvalue weighted by Gasteiger charge is -2.36. The van der Waals surface area contributed by atoms with Gasteiger partial charge in [-0.25, -0.2) is 4.98 Å². The average Bonchev–Trinajstić information content (AvgIpc) is 2.42. The van der Waals surface area contributed by atoms with E-state index in [0.29, 0.717) is 54.3 Å². The second-order valence-corrected chi connectivity index (χ2v) is 6.16. The van der Waals surface area contributed by atoms with E-state index in [1.807, 2.05) is 18.9 Å². The maximum Gasteiger partial charge on any atom is 0.149 e. The van der Waals surface area contributed by atoms with E-state index in [-0.39, 0.29) is 0 Å². The number of hydrogen-bond acceptors (Lipinski definition) is 5. The summed E-state index contributed by atoms with van der Waals surface area (Å²) in [5.41, 5.74) is -0.768. The highest BCUT2D eigenvalue weighted by atomic mass is 35.5. The Kier molecular flexibility index (Phi) is 5.54. The Labute approximate surface area is 135 Å². The molecule has 0 unspecified atom stereocenters. The summed E-state index contributed by atoms with van der Waals surface area (Å²) in [4.78, 5) is 6.33. The first-order chi connectivity index (χ1) is 9.95. The normalized spacial score (nSPS) is 17.6. The van der Waals surface area contributed by atoms with Crippen molar-refractivity contribution in [2.75, 3.05) is 43.6 Å². The predicted molar refractivity (Wildman–Crippen MR) is 86.7 cm³/mol. The van der Waals surface area contributed by atoms with Crippen LogP contribution in [0, 0.1) is 0 Å². The third-order valence-corrected chi connectivity index (χ3v) is 4.14. The molecular formula is C14H21Cl2N3O2. The Morgan fingerprint density at radius 1 is 1.38 bits per heavy atom. The standard InChI is InChI=1S/C14H21Cl2N3O2/c1-3-17-12-10(15)8-11(16)13(18-12)19(2)9-14(20)4-6-21-7-5-14/h8,20H,3-7,9H2,1-2H3,(H,17,18). The van der Waals surface area contributed by atoms with Crippen molar-refractivity contribution in [1.29, 1.82) is 0 Å². The van der Waals surface area contributed by atoms with Crippen LogP contribution in [0.4, 0.5) is 11.6 Å². The topological polar surface area (TPSA) is 57.6 Å². The zero-order valence-electron chi connectivity index (χ0n) is 12.3. The van der Waals surface area contributed by atoms with Gasteiger partial charge in [0.2, 0.25) is 0 Å². The molecule has 0 amide bonds. The molecule has 7 heteroatoms. The molecule has 1 saturated heterocycles. The van der Waals surface area contributed by atoms with Gasteiger partial charge in [0.15, 0.2) is 0 Å². The molecule has 1 aliphatic rings. The molecule has 0 saturated carbocycles. The first-order valence-electron chi connectivity index (χ1n) is 7.06. The zero-order chi connectivity index (χ0) is 15.5. The summed E-state index contributed by atoms with van der Waals surface area (Å²) in [5.74, 6) is 1.21. The molecule has 1 aromatic heterocycles. The van der Waals surface area contributed by atoms with Crippen LogP contribution in [0.5, 0.6) is 0 Å². The number of aliphatic hydroxyl groups is 1.